The number of aromatic nitrogens is 1. The average Bonchev–Trinajstić information content (AvgIpc) is 2.80. The molecular formula is C13H16F3N3O2. The Balaban J connectivity index is 2.24. The van der Waals surface area contributed by atoms with Gasteiger partial charge in [0.25, 0.3) is 11.5 Å². The first-order valence-electron chi connectivity index (χ1n) is 6.46. The molecule has 116 valence electrons. The Bertz CT molecular complexity index is 611. The van der Waals surface area contributed by atoms with Gasteiger partial charge in [0.1, 0.15) is 11.3 Å². The molecule has 5 nitrogen and oxygen atoms in total. The van der Waals surface area contributed by atoms with Gasteiger partial charge in [0.15, 0.2) is 0 Å². The van der Waals surface area contributed by atoms with E-state index in [4.69, 9.17) is 5.73 Å². The van der Waals surface area contributed by atoms with E-state index in [1.807, 2.05) is 6.92 Å². The highest BCUT2D eigenvalue weighted by Gasteiger charge is 2.37. The molecule has 0 aromatic carbocycles. The zero-order valence-corrected chi connectivity index (χ0v) is 11.5. The summed E-state index contributed by atoms with van der Waals surface area (Å²) < 4.78 is 37.4. The number of rotatable bonds is 2. The van der Waals surface area contributed by atoms with E-state index in [0.717, 1.165) is 6.07 Å². The number of nitrogens with zero attached hydrogens (tertiary/aromatic N) is 1. The third-order valence-electron chi connectivity index (χ3n) is 3.78. The quantitative estimate of drug-likeness (QED) is 0.862. The number of H-pyrrole nitrogens is 1. The molecular weight excluding hydrogens is 287 g/mol. The van der Waals surface area contributed by atoms with E-state index >= 15 is 0 Å². The molecule has 1 saturated heterocycles. The van der Waals surface area contributed by atoms with E-state index < -0.39 is 23.3 Å². The van der Waals surface area contributed by atoms with Crippen molar-refractivity contribution in [2.75, 3.05) is 19.6 Å². The number of aromatic amines is 1. The Kier molecular flexibility index (Phi) is 3.83. The van der Waals surface area contributed by atoms with E-state index in [9.17, 15) is 22.8 Å². The highest BCUT2D eigenvalue weighted by atomic mass is 19.4. The van der Waals surface area contributed by atoms with Crippen LogP contribution < -0.4 is 11.3 Å². The largest absolute Gasteiger partial charge is 0.431 e. The van der Waals surface area contributed by atoms with Crippen LogP contribution in [0.15, 0.2) is 16.9 Å². The first-order valence-corrected chi connectivity index (χ1v) is 6.46. The number of likely N-dealkylation sites (tertiary alicyclic amines) is 1. The molecule has 0 bridgehead atoms. The average molecular weight is 303 g/mol. The summed E-state index contributed by atoms with van der Waals surface area (Å²) in [6.45, 7) is 3.16. The third-order valence-corrected chi connectivity index (χ3v) is 3.78. The molecule has 1 aromatic rings. The molecule has 1 atom stereocenters. The number of hydrogen-bond acceptors (Lipinski definition) is 3. The number of nitrogens with one attached hydrogen (secondary N) is 1. The molecule has 3 N–H and O–H groups in total. The molecule has 1 aromatic heterocycles. The minimum atomic E-state index is -4.65. The fraction of sp³-hybridized carbons (Fsp3) is 0.538. The van der Waals surface area contributed by atoms with Gasteiger partial charge in [0, 0.05) is 13.1 Å². The maximum Gasteiger partial charge on any atom is 0.431 e. The van der Waals surface area contributed by atoms with Gasteiger partial charge in [-0.05, 0) is 30.5 Å². The van der Waals surface area contributed by atoms with Gasteiger partial charge < -0.3 is 15.6 Å². The number of hydrogen-bond donors (Lipinski definition) is 2. The van der Waals surface area contributed by atoms with Gasteiger partial charge in [0.2, 0.25) is 0 Å². The van der Waals surface area contributed by atoms with Crippen molar-refractivity contribution >= 4 is 5.91 Å². The zero-order valence-electron chi connectivity index (χ0n) is 11.5. The van der Waals surface area contributed by atoms with Gasteiger partial charge in [-0.15, -0.1) is 0 Å². The van der Waals surface area contributed by atoms with Crippen LogP contribution in [0.4, 0.5) is 13.2 Å². The second kappa shape index (κ2) is 5.18. The molecule has 2 rings (SSSR count). The Labute approximate surface area is 118 Å². The summed E-state index contributed by atoms with van der Waals surface area (Å²) in [5.41, 5.74) is 2.93. The lowest BCUT2D eigenvalue weighted by atomic mass is 9.90. The van der Waals surface area contributed by atoms with Crippen molar-refractivity contribution in [1.82, 2.24) is 9.88 Å². The second-order valence-electron chi connectivity index (χ2n) is 5.60. The van der Waals surface area contributed by atoms with Crippen molar-refractivity contribution in [3.63, 3.8) is 0 Å². The molecule has 21 heavy (non-hydrogen) atoms. The Hall–Kier alpha value is -1.83. The van der Waals surface area contributed by atoms with E-state index in [0.29, 0.717) is 32.1 Å². The predicted octanol–water partition coefficient (Wildman–Crippen LogP) is 1.20. The minimum Gasteiger partial charge on any atom is -0.338 e. The van der Waals surface area contributed by atoms with E-state index in [1.54, 1.807) is 4.98 Å². The number of amides is 1. The van der Waals surface area contributed by atoms with Crippen LogP contribution >= 0.6 is 0 Å². The van der Waals surface area contributed by atoms with Gasteiger partial charge in [-0.25, -0.2) is 0 Å². The number of alkyl halides is 3. The molecule has 2 heterocycles. The molecule has 0 spiro atoms. The number of nitrogens with two attached hydrogens (primary N) is 1. The summed E-state index contributed by atoms with van der Waals surface area (Å²) in [7, 11) is 0. The fourth-order valence-corrected chi connectivity index (χ4v) is 2.34. The number of halogens is 3. The van der Waals surface area contributed by atoms with Crippen molar-refractivity contribution in [3.8, 4) is 0 Å². The Morgan fingerprint density at radius 3 is 2.62 bits per heavy atom. The van der Waals surface area contributed by atoms with Crippen LogP contribution in [-0.2, 0) is 6.18 Å². The maximum atomic E-state index is 12.5. The van der Waals surface area contributed by atoms with E-state index in [1.165, 1.54) is 4.90 Å². The summed E-state index contributed by atoms with van der Waals surface area (Å²) in [4.78, 5) is 27.1. The smallest absolute Gasteiger partial charge is 0.338 e. The van der Waals surface area contributed by atoms with Crippen LogP contribution in [0.2, 0.25) is 0 Å². The van der Waals surface area contributed by atoms with Gasteiger partial charge in [0.05, 0.1) is 0 Å². The van der Waals surface area contributed by atoms with Crippen LogP contribution in [0.1, 0.15) is 29.4 Å². The Morgan fingerprint density at radius 1 is 1.48 bits per heavy atom. The van der Waals surface area contributed by atoms with E-state index in [2.05, 4.69) is 0 Å². The first kappa shape index (κ1) is 15.6. The summed E-state index contributed by atoms with van der Waals surface area (Å²) in [6.07, 6.45) is -3.94. The van der Waals surface area contributed by atoms with Crippen LogP contribution in [0.5, 0.6) is 0 Å². The lowest BCUT2D eigenvalue weighted by Crippen LogP contribution is -2.37. The topological polar surface area (TPSA) is 79.2 Å². The Morgan fingerprint density at radius 2 is 2.14 bits per heavy atom. The molecule has 0 aliphatic carbocycles. The molecule has 1 aliphatic heterocycles. The molecule has 1 amide bonds. The van der Waals surface area contributed by atoms with E-state index in [-0.39, 0.29) is 11.0 Å². The number of carbonyl (C=O) groups is 1. The number of pyridine rings is 1. The van der Waals surface area contributed by atoms with Crippen LogP contribution in [-0.4, -0.2) is 35.4 Å². The predicted molar refractivity (Wildman–Crippen MR) is 69.7 cm³/mol. The van der Waals surface area contributed by atoms with Crippen LogP contribution in [0.25, 0.3) is 0 Å². The highest BCUT2D eigenvalue weighted by molar-refractivity contribution is 5.94. The molecule has 0 saturated carbocycles. The summed E-state index contributed by atoms with van der Waals surface area (Å²) in [5, 5.41) is 0. The highest BCUT2D eigenvalue weighted by Crippen LogP contribution is 2.30. The lowest BCUT2D eigenvalue weighted by Gasteiger charge is -2.22. The molecule has 1 fully saturated rings. The minimum absolute atomic E-state index is 0.214. The monoisotopic (exact) mass is 303 g/mol. The van der Waals surface area contributed by atoms with Crippen molar-refractivity contribution in [2.45, 2.75) is 19.5 Å². The first-order chi connectivity index (χ1) is 9.66. The maximum absolute atomic E-state index is 12.5. The van der Waals surface area contributed by atoms with Crippen molar-refractivity contribution in [2.24, 2.45) is 11.1 Å². The molecule has 0 radical (unpaired) electrons. The molecule has 1 unspecified atom stereocenters. The third kappa shape index (κ3) is 3.10. The van der Waals surface area contributed by atoms with Crippen molar-refractivity contribution in [1.29, 1.82) is 0 Å². The van der Waals surface area contributed by atoms with Crippen LogP contribution in [0, 0.1) is 5.41 Å². The van der Waals surface area contributed by atoms with Crippen LogP contribution in [0.3, 0.4) is 0 Å². The number of carbonyl (C=O) groups excluding carboxylic acids is 1. The van der Waals surface area contributed by atoms with Crippen molar-refractivity contribution in [3.05, 3.63) is 33.7 Å². The SMILES string of the molecule is CC1(CN)CCN(C(=O)c2ccc(C(F)(F)F)[nH]c2=O)C1. The zero-order chi connectivity index (χ0) is 15.8. The molecule has 1 aliphatic rings. The second-order valence-corrected chi connectivity index (χ2v) is 5.60. The van der Waals surface area contributed by atoms with Crippen molar-refractivity contribution < 1.29 is 18.0 Å². The summed E-state index contributed by atoms with van der Waals surface area (Å²) in [5.74, 6) is -0.567. The summed E-state index contributed by atoms with van der Waals surface area (Å²) >= 11 is 0. The van der Waals surface area contributed by atoms with Gasteiger partial charge in [-0.2, -0.15) is 13.2 Å². The normalized spacial score (nSPS) is 22.6. The molecule has 8 heteroatoms. The standard InChI is InChI=1S/C13H16F3N3O2/c1-12(6-17)4-5-19(7-12)11(21)8-2-3-9(13(14,15)16)18-10(8)20/h2-3H,4-7,17H2,1H3,(H,18,20). The fourth-order valence-electron chi connectivity index (χ4n) is 2.34. The van der Waals surface area contributed by atoms with Gasteiger partial charge in [-0.3, -0.25) is 9.59 Å². The lowest BCUT2D eigenvalue weighted by molar-refractivity contribution is -0.141. The van der Waals surface area contributed by atoms with Gasteiger partial charge >= 0.3 is 6.18 Å². The summed E-state index contributed by atoms with van der Waals surface area (Å²) in [6, 6.07) is 1.62. The van der Waals surface area contributed by atoms with Gasteiger partial charge in [-0.1, -0.05) is 6.92 Å².